The molecule has 0 aliphatic heterocycles. The monoisotopic (exact) mass is 196 g/mol. The molecular formula is C10H12O4. The number of ether oxygens (including phenoxy) is 1. The predicted octanol–water partition coefficient (Wildman–Crippen LogP) is 0.733. The van der Waals surface area contributed by atoms with Crippen molar-refractivity contribution in [1.82, 2.24) is 0 Å². The van der Waals surface area contributed by atoms with Crippen LogP contribution in [0.3, 0.4) is 0 Å². The molecule has 14 heavy (non-hydrogen) atoms. The molecule has 0 spiro atoms. The molecule has 0 rings (SSSR count). The Morgan fingerprint density at radius 1 is 1.29 bits per heavy atom. The third kappa shape index (κ3) is 22.5. The second-order valence-electron chi connectivity index (χ2n) is 2.52. The van der Waals surface area contributed by atoms with Crippen LogP contribution in [0.2, 0.25) is 0 Å². The van der Waals surface area contributed by atoms with Crippen LogP contribution in [0.4, 0.5) is 0 Å². The van der Waals surface area contributed by atoms with Crippen molar-refractivity contribution < 1.29 is 19.1 Å². The topological polar surface area (TPSA) is 60.4 Å². The van der Waals surface area contributed by atoms with Crippen molar-refractivity contribution in [3.05, 3.63) is 17.9 Å². The van der Waals surface area contributed by atoms with E-state index in [1.165, 1.54) is 11.9 Å². The van der Waals surface area contributed by atoms with Crippen molar-refractivity contribution >= 4 is 18.4 Å². The van der Waals surface area contributed by atoms with E-state index in [4.69, 9.17) is 0 Å². The lowest BCUT2D eigenvalue weighted by molar-refractivity contribution is -0.129. The molecular weight excluding hydrogens is 184 g/mol. The van der Waals surface area contributed by atoms with E-state index in [1.54, 1.807) is 0 Å². The van der Waals surface area contributed by atoms with Crippen molar-refractivity contribution in [2.24, 2.45) is 5.92 Å². The number of carbonyl (C=O) groups is 1. The normalized spacial score (nSPS) is 6.79. The molecule has 0 N–H and O–H groups in total. The molecule has 0 heterocycles. The second kappa shape index (κ2) is 13.7. The lowest BCUT2D eigenvalue weighted by Gasteiger charge is -1.98. The van der Waals surface area contributed by atoms with Gasteiger partial charge < -0.3 is 4.74 Å². The van der Waals surface area contributed by atoms with Gasteiger partial charge in [0.1, 0.15) is 5.94 Å². The van der Waals surface area contributed by atoms with Crippen molar-refractivity contribution in [1.29, 1.82) is 0 Å². The molecule has 0 aromatic carbocycles. The number of carbonyl (C=O) groups excluding carboxylic acids is 3. The van der Waals surface area contributed by atoms with Gasteiger partial charge in [0.15, 0.2) is 5.94 Å². The van der Waals surface area contributed by atoms with Crippen LogP contribution in [-0.4, -0.2) is 25.0 Å². The summed E-state index contributed by atoms with van der Waals surface area (Å²) < 4.78 is 4.41. The van der Waals surface area contributed by atoms with E-state index < -0.39 is 0 Å². The molecule has 0 atom stereocenters. The van der Waals surface area contributed by atoms with Gasteiger partial charge in [-0.3, -0.25) is 4.79 Å². The first-order valence-electron chi connectivity index (χ1n) is 3.89. The van der Waals surface area contributed by atoms with E-state index >= 15 is 0 Å². The molecule has 0 unspecified atom stereocenters. The number of allylic oxidation sites excluding steroid dienone is 2. The van der Waals surface area contributed by atoms with Gasteiger partial charge in [0.25, 0.3) is 6.47 Å². The summed E-state index contributed by atoms with van der Waals surface area (Å²) in [6.45, 7) is 4.98. The van der Waals surface area contributed by atoms with E-state index in [0.717, 1.165) is 12.2 Å². The predicted molar refractivity (Wildman–Crippen MR) is 50.9 cm³/mol. The Kier molecular flexibility index (Phi) is 14.4. The lowest BCUT2D eigenvalue weighted by Crippen LogP contribution is -1.98. The quantitative estimate of drug-likeness (QED) is 0.288. The summed E-state index contributed by atoms with van der Waals surface area (Å²) >= 11 is 0. The smallest absolute Gasteiger partial charge is 0.293 e. The van der Waals surface area contributed by atoms with E-state index in [9.17, 15) is 14.4 Å². The average Bonchev–Trinajstić information content (AvgIpc) is 2.16. The van der Waals surface area contributed by atoms with Crippen LogP contribution in [0.15, 0.2) is 17.9 Å². The highest BCUT2D eigenvalue weighted by Crippen LogP contribution is 1.88. The number of hydrogen-bond acceptors (Lipinski definition) is 4. The van der Waals surface area contributed by atoms with Gasteiger partial charge in [0.2, 0.25) is 0 Å². The highest BCUT2D eigenvalue weighted by Gasteiger charge is 1.88. The summed E-state index contributed by atoms with van der Waals surface area (Å²) in [5.41, 5.74) is 2.00. The van der Waals surface area contributed by atoms with Gasteiger partial charge in [0, 0.05) is 12.2 Å². The summed E-state index contributed by atoms with van der Waals surface area (Å²) in [6, 6.07) is 0. The Morgan fingerprint density at radius 2 is 1.93 bits per heavy atom. The SMILES string of the molecule is CC(C)COC=O.O=C=C=CC=C=O. The van der Waals surface area contributed by atoms with Crippen molar-refractivity contribution in [2.75, 3.05) is 6.61 Å². The van der Waals surface area contributed by atoms with Gasteiger partial charge in [0.05, 0.1) is 6.61 Å². The first-order chi connectivity index (χ1) is 6.68. The third-order valence-electron chi connectivity index (χ3n) is 0.791. The maximum Gasteiger partial charge on any atom is 0.293 e. The fraction of sp³-hybridized carbons (Fsp3) is 0.400. The molecule has 0 aromatic heterocycles. The van der Waals surface area contributed by atoms with Crippen molar-refractivity contribution in [3.63, 3.8) is 0 Å². The van der Waals surface area contributed by atoms with E-state index in [0.29, 0.717) is 19.0 Å². The van der Waals surface area contributed by atoms with Crippen LogP contribution in [0.5, 0.6) is 0 Å². The zero-order chi connectivity index (χ0) is 11.2. The fourth-order valence-electron chi connectivity index (χ4n) is 0.341. The van der Waals surface area contributed by atoms with Crippen LogP contribution in [0, 0.1) is 5.92 Å². The number of hydrogen-bond donors (Lipinski definition) is 0. The molecule has 76 valence electrons. The summed E-state index contributed by atoms with van der Waals surface area (Å²) in [4.78, 5) is 28.0. The second-order valence-corrected chi connectivity index (χ2v) is 2.52. The van der Waals surface area contributed by atoms with E-state index in [-0.39, 0.29) is 0 Å². The molecule has 0 radical (unpaired) electrons. The minimum atomic E-state index is 0.449. The molecule has 0 aromatic rings. The van der Waals surface area contributed by atoms with Crippen LogP contribution in [-0.2, 0) is 19.1 Å². The standard InChI is InChI=1S/C5H10O2.C5H2O2/c1-5(2)3-7-4-6;6-4-2-1-3-5-7/h4-5H,3H2,1-2H3;1-2H. The summed E-state index contributed by atoms with van der Waals surface area (Å²) in [7, 11) is 0. The van der Waals surface area contributed by atoms with Crippen LogP contribution in [0.25, 0.3) is 0 Å². The molecule has 4 nitrogen and oxygen atoms in total. The van der Waals surface area contributed by atoms with Gasteiger partial charge in [-0.1, -0.05) is 13.8 Å². The summed E-state index contributed by atoms with van der Waals surface area (Å²) in [6.07, 6.45) is 2.17. The third-order valence-corrected chi connectivity index (χ3v) is 0.791. The Morgan fingerprint density at radius 3 is 2.21 bits per heavy atom. The first-order valence-corrected chi connectivity index (χ1v) is 3.89. The molecule has 0 bridgehead atoms. The van der Waals surface area contributed by atoms with Gasteiger partial charge >= 0.3 is 0 Å². The molecule has 0 fully saturated rings. The van der Waals surface area contributed by atoms with Crippen molar-refractivity contribution in [3.8, 4) is 0 Å². The van der Waals surface area contributed by atoms with E-state index in [1.807, 2.05) is 19.6 Å². The lowest BCUT2D eigenvalue weighted by atomic mass is 10.2. The molecule has 0 saturated carbocycles. The molecule has 0 aliphatic carbocycles. The van der Waals surface area contributed by atoms with E-state index in [2.05, 4.69) is 4.74 Å². The molecule has 0 aliphatic rings. The first kappa shape index (κ1) is 14.7. The Bertz CT molecular complexity index is 262. The van der Waals surface area contributed by atoms with Crippen molar-refractivity contribution in [2.45, 2.75) is 13.8 Å². The molecule has 0 saturated heterocycles. The minimum absolute atomic E-state index is 0.449. The largest absolute Gasteiger partial charge is 0.468 e. The summed E-state index contributed by atoms with van der Waals surface area (Å²) in [5, 5.41) is 0. The maximum atomic E-state index is 9.49. The van der Waals surface area contributed by atoms with Gasteiger partial charge in [-0.25, -0.2) is 9.59 Å². The maximum absolute atomic E-state index is 9.49. The van der Waals surface area contributed by atoms with Gasteiger partial charge in [-0.05, 0) is 11.6 Å². The summed E-state index contributed by atoms with van der Waals surface area (Å²) in [5.74, 6) is 3.22. The molecule has 4 heteroatoms. The van der Waals surface area contributed by atoms with Crippen LogP contribution in [0.1, 0.15) is 13.8 Å². The Labute approximate surface area is 82.6 Å². The van der Waals surface area contributed by atoms with Gasteiger partial charge in [-0.15, -0.1) is 0 Å². The zero-order valence-corrected chi connectivity index (χ0v) is 8.15. The average molecular weight is 196 g/mol. The van der Waals surface area contributed by atoms with Crippen LogP contribution < -0.4 is 0 Å². The van der Waals surface area contributed by atoms with Crippen LogP contribution >= 0.6 is 0 Å². The Hall–Kier alpha value is -1.85. The minimum Gasteiger partial charge on any atom is -0.468 e. The van der Waals surface area contributed by atoms with Gasteiger partial charge in [-0.2, -0.15) is 0 Å². The highest BCUT2D eigenvalue weighted by atomic mass is 16.5. The zero-order valence-electron chi connectivity index (χ0n) is 8.15. The molecule has 0 amide bonds. The fourth-order valence-corrected chi connectivity index (χ4v) is 0.341. The number of rotatable bonds is 4. The highest BCUT2D eigenvalue weighted by molar-refractivity contribution is 5.51. The Balaban J connectivity index is 0.